The predicted molar refractivity (Wildman–Crippen MR) is 90.4 cm³/mol. The molecule has 8 heteroatoms. The first-order valence-corrected chi connectivity index (χ1v) is 8.47. The Morgan fingerprint density at radius 2 is 1.84 bits per heavy atom. The van der Waals surface area contributed by atoms with Gasteiger partial charge in [0.25, 0.3) is 0 Å². The summed E-state index contributed by atoms with van der Waals surface area (Å²) in [6, 6.07) is 12.1. The molecule has 1 unspecified atom stereocenters. The van der Waals surface area contributed by atoms with Crippen molar-refractivity contribution in [3.63, 3.8) is 0 Å². The molecule has 0 saturated heterocycles. The van der Waals surface area contributed by atoms with Gasteiger partial charge in [0.05, 0.1) is 7.11 Å². The van der Waals surface area contributed by atoms with Crippen LogP contribution in [0.3, 0.4) is 0 Å². The van der Waals surface area contributed by atoms with E-state index >= 15 is 0 Å². The molecule has 1 aliphatic carbocycles. The first-order chi connectivity index (χ1) is 11.9. The van der Waals surface area contributed by atoms with Gasteiger partial charge in [-0.2, -0.15) is 0 Å². The molecular weight excluding hydrogens is 346 g/mol. The highest BCUT2D eigenvalue weighted by Crippen LogP contribution is 2.36. The van der Waals surface area contributed by atoms with Gasteiger partial charge in [0.15, 0.2) is 11.5 Å². The third-order valence-corrected chi connectivity index (χ3v) is 4.53. The number of carboxylic acid groups (broad SMARTS) is 1. The van der Waals surface area contributed by atoms with Crippen LogP contribution in [0.15, 0.2) is 42.5 Å². The van der Waals surface area contributed by atoms with Gasteiger partial charge in [0, 0.05) is 24.6 Å². The standard InChI is InChI=1S/C17H17NO6S/c1-23-14-7-6-13(8-15(14)24-25(21)22)18-17(16(19)20)9-11-4-2-3-5-12(11)10-17/h2-8,18H,9-10H2,1H3,(H,19,20)(H,21,22)/p-1. The lowest BCUT2D eigenvalue weighted by molar-refractivity contribution is -0.142. The maximum absolute atomic E-state index is 12.0. The predicted octanol–water partition coefficient (Wildman–Crippen LogP) is 1.90. The minimum atomic E-state index is -2.77. The number of rotatable bonds is 6. The Labute approximate surface area is 147 Å². The van der Waals surface area contributed by atoms with Crippen molar-refractivity contribution >= 4 is 23.0 Å². The normalized spacial score (nSPS) is 15.9. The molecule has 0 fully saturated rings. The van der Waals surface area contributed by atoms with Crippen LogP contribution in [0, 0.1) is 0 Å². The van der Waals surface area contributed by atoms with Gasteiger partial charge in [-0.1, -0.05) is 24.3 Å². The maximum Gasteiger partial charge on any atom is 0.330 e. The fourth-order valence-corrected chi connectivity index (χ4v) is 3.35. The largest absolute Gasteiger partial charge is 0.740 e. The molecule has 0 saturated carbocycles. The summed E-state index contributed by atoms with van der Waals surface area (Å²) >= 11 is -2.77. The number of methoxy groups -OCH3 is 1. The summed E-state index contributed by atoms with van der Waals surface area (Å²) < 4.78 is 31.4. The molecule has 0 amide bonds. The highest BCUT2D eigenvalue weighted by atomic mass is 32.2. The summed E-state index contributed by atoms with van der Waals surface area (Å²) in [7, 11) is 1.38. The van der Waals surface area contributed by atoms with E-state index in [1.807, 2.05) is 24.3 Å². The smallest absolute Gasteiger partial charge is 0.330 e. The molecule has 0 aromatic heterocycles. The van der Waals surface area contributed by atoms with Gasteiger partial charge in [-0.3, -0.25) is 0 Å². The maximum atomic E-state index is 12.0. The fraction of sp³-hybridized carbons (Fsp3) is 0.235. The monoisotopic (exact) mass is 362 g/mol. The molecule has 7 nitrogen and oxygen atoms in total. The highest BCUT2D eigenvalue weighted by molar-refractivity contribution is 7.74. The summed E-state index contributed by atoms with van der Waals surface area (Å²) in [5.74, 6) is -0.764. The first kappa shape index (κ1) is 17.2. The third-order valence-electron chi connectivity index (χ3n) is 4.22. The minimum Gasteiger partial charge on any atom is -0.740 e. The lowest BCUT2D eigenvalue weighted by Crippen LogP contribution is -2.47. The number of fused-ring (bicyclic) bond motifs is 1. The molecular formula is C17H16NO6S-. The summed E-state index contributed by atoms with van der Waals surface area (Å²) in [6.07, 6.45) is 0.655. The van der Waals surface area contributed by atoms with Crippen LogP contribution in [0.2, 0.25) is 0 Å². The van der Waals surface area contributed by atoms with E-state index in [0.717, 1.165) is 11.1 Å². The van der Waals surface area contributed by atoms with E-state index < -0.39 is 22.9 Å². The molecule has 0 aliphatic heterocycles. The summed E-state index contributed by atoms with van der Waals surface area (Å²) in [6.45, 7) is 0. The molecule has 0 heterocycles. The SMILES string of the molecule is COc1ccc(NC2(C(=O)O)Cc3ccccc3C2)cc1OS(=O)[O-]. The molecule has 0 radical (unpaired) electrons. The summed E-state index contributed by atoms with van der Waals surface area (Å²) in [5, 5.41) is 12.8. The Morgan fingerprint density at radius 1 is 1.20 bits per heavy atom. The number of aliphatic carboxylic acids is 1. The second-order valence-corrected chi connectivity index (χ2v) is 6.36. The second-order valence-electron chi connectivity index (χ2n) is 5.79. The number of anilines is 1. The van der Waals surface area contributed by atoms with Crippen molar-refractivity contribution in [3.8, 4) is 11.5 Å². The highest BCUT2D eigenvalue weighted by Gasteiger charge is 2.44. The van der Waals surface area contributed by atoms with Crippen molar-refractivity contribution in [1.82, 2.24) is 0 Å². The Bertz CT molecular complexity index is 813. The zero-order valence-corrected chi connectivity index (χ0v) is 14.2. The van der Waals surface area contributed by atoms with E-state index in [9.17, 15) is 18.7 Å². The molecule has 3 rings (SSSR count). The zero-order chi connectivity index (χ0) is 18.0. The van der Waals surface area contributed by atoms with E-state index in [-0.39, 0.29) is 11.5 Å². The first-order valence-electron chi connectivity index (χ1n) is 7.47. The van der Waals surface area contributed by atoms with Crippen LogP contribution < -0.4 is 14.2 Å². The zero-order valence-electron chi connectivity index (χ0n) is 13.4. The van der Waals surface area contributed by atoms with Crippen molar-refractivity contribution in [2.24, 2.45) is 0 Å². The number of ether oxygens (including phenoxy) is 1. The van der Waals surface area contributed by atoms with Crippen molar-refractivity contribution in [2.45, 2.75) is 18.4 Å². The molecule has 0 bridgehead atoms. The van der Waals surface area contributed by atoms with Gasteiger partial charge in [-0.25, -0.2) is 9.00 Å². The average molecular weight is 362 g/mol. The van der Waals surface area contributed by atoms with Gasteiger partial charge < -0.3 is 23.9 Å². The van der Waals surface area contributed by atoms with Gasteiger partial charge in [-0.15, -0.1) is 0 Å². The molecule has 2 aromatic carbocycles. The Balaban J connectivity index is 1.92. The lowest BCUT2D eigenvalue weighted by Gasteiger charge is -2.27. The van der Waals surface area contributed by atoms with E-state index in [1.165, 1.54) is 19.2 Å². The Kier molecular flexibility index (Phi) is 4.65. The Hall–Kier alpha value is -2.58. The van der Waals surface area contributed by atoms with Crippen molar-refractivity contribution in [1.29, 1.82) is 0 Å². The number of hydrogen-bond donors (Lipinski definition) is 2. The van der Waals surface area contributed by atoms with Crippen LogP contribution in [0.1, 0.15) is 11.1 Å². The lowest BCUT2D eigenvalue weighted by atomic mass is 9.95. The summed E-state index contributed by atoms with van der Waals surface area (Å²) in [5.41, 5.74) is 1.18. The van der Waals surface area contributed by atoms with Crippen LogP contribution >= 0.6 is 0 Å². The molecule has 1 atom stereocenters. The number of carboxylic acids is 1. The van der Waals surface area contributed by atoms with Crippen molar-refractivity contribution < 1.29 is 27.6 Å². The quantitative estimate of drug-likeness (QED) is 0.756. The number of benzene rings is 2. The molecule has 25 heavy (non-hydrogen) atoms. The summed E-state index contributed by atoms with van der Waals surface area (Å²) in [4.78, 5) is 12.0. The number of hydrogen-bond acceptors (Lipinski definition) is 6. The van der Waals surface area contributed by atoms with Gasteiger partial charge >= 0.3 is 5.97 Å². The van der Waals surface area contributed by atoms with Crippen molar-refractivity contribution in [3.05, 3.63) is 53.6 Å². The van der Waals surface area contributed by atoms with E-state index in [4.69, 9.17) is 8.92 Å². The third kappa shape index (κ3) is 3.45. The van der Waals surface area contributed by atoms with Crippen LogP contribution in [0.4, 0.5) is 5.69 Å². The van der Waals surface area contributed by atoms with Crippen LogP contribution in [0.25, 0.3) is 0 Å². The molecule has 2 N–H and O–H groups in total. The van der Waals surface area contributed by atoms with E-state index in [0.29, 0.717) is 18.5 Å². The minimum absolute atomic E-state index is 0.0168. The number of nitrogens with one attached hydrogen (secondary N) is 1. The van der Waals surface area contributed by atoms with Crippen LogP contribution in [0.5, 0.6) is 11.5 Å². The van der Waals surface area contributed by atoms with E-state index in [2.05, 4.69) is 5.32 Å². The van der Waals surface area contributed by atoms with Crippen LogP contribution in [-0.4, -0.2) is 32.5 Å². The molecule has 1 aliphatic rings. The average Bonchev–Trinajstić information content (AvgIpc) is 2.94. The second kappa shape index (κ2) is 6.73. The van der Waals surface area contributed by atoms with Crippen LogP contribution in [-0.2, 0) is 29.0 Å². The van der Waals surface area contributed by atoms with Gasteiger partial charge in [0.1, 0.15) is 16.9 Å². The number of carbonyl (C=O) groups is 1. The van der Waals surface area contributed by atoms with Crippen molar-refractivity contribution in [2.75, 3.05) is 12.4 Å². The molecule has 2 aromatic rings. The van der Waals surface area contributed by atoms with E-state index in [1.54, 1.807) is 6.07 Å². The fourth-order valence-electron chi connectivity index (χ4n) is 3.08. The Morgan fingerprint density at radius 3 is 2.36 bits per heavy atom. The molecule has 132 valence electrons. The van der Waals surface area contributed by atoms with Gasteiger partial charge in [-0.05, 0) is 23.3 Å². The topological polar surface area (TPSA) is 108 Å². The van der Waals surface area contributed by atoms with Gasteiger partial charge in [0.2, 0.25) is 0 Å². The molecule has 0 spiro atoms.